The molecule has 31 heavy (non-hydrogen) atoms. The fourth-order valence-corrected chi connectivity index (χ4v) is 2.95. The van der Waals surface area contributed by atoms with Gasteiger partial charge in [0.05, 0.1) is 12.9 Å². The number of aliphatic hydroxyl groups excluding tert-OH is 1. The van der Waals surface area contributed by atoms with Crippen LogP contribution in [0.25, 0.3) is 11.2 Å². The topological polar surface area (TPSA) is 170 Å². The predicted molar refractivity (Wildman–Crippen MR) is 104 cm³/mol. The number of ether oxygens (including phenoxy) is 5. The van der Waals surface area contributed by atoms with Gasteiger partial charge in [0, 0.05) is 0 Å². The fourth-order valence-electron chi connectivity index (χ4n) is 2.95. The van der Waals surface area contributed by atoms with Crippen molar-refractivity contribution >= 4 is 29.3 Å². The molecule has 0 unspecified atom stereocenters. The van der Waals surface area contributed by atoms with Crippen LogP contribution in [0, 0.1) is 0 Å². The van der Waals surface area contributed by atoms with Gasteiger partial charge in [-0.15, -0.1) is 0 Å². The van der Waals surface area contributed by atoms with Gasteiger partial charge >= 0.3 is 12.3 Å². The van der Waals surface area contributed by atoms with Crippen LogP contribution in [0.2, 0.25) is 0 Å². The van der Waals surface area contributed by atoms with E-state index in [4.69, 9.17) is 29.4 Å². The van der Waals surface area contributed by atoms with E-state index in [0.29, 0.717) is 0 Å². The summed E-state index contributed by atoms with van der Waals surface area (Å²) in [5.41, 5.74) is 6.38. The first kappa shape index (κ1) is 22.0. The second-order valence-electron chi connectivity index (χ2n) is 6.19. The smallest absolute Gasteiger partial charge is 0.430 e. The van der Waals surface area contributed by atoms with Crippen LogP contribution in [0.3, 0.4) is 0 Å². The third-order valence-corrected chi connectivity index (χ3v) is 4.23. The zero-order chi connectivity index (χ0) is 22.4. The third-order valence-electron chi connectivity index (χ3n) is 4.23. The average Bonchev–Trinajstić information content (AvgIpc) is 3.33. The molecule has 13 heteroatoms. The van der Waals surface area contributed by atoms with Crippen LogP contribution in [0.1, 0.15) is 6.23 Å². The van der Waals surface area contributed by atoms with Crippen LogP contribution in [0.4, 0.5) is 15.4 Å². The molecule has 166 valence electrons. The normalized spacial score (nSPS) is 22.6. The molecule has 0 aliphatic carbocycles. The Balaban J connectivity index is 1.94. The minimum Gasteiger partial charge on any atom is -0.430 e. The van der Waals surface area contributed by atoms with E-state index in [-0.39, 0.29) is 30.2 Å². The average molecular weight is 435 g/mol. The van der Waals surface area contributed by atoms with Crippen molar-refractivity contribution < 1.29 is 38.4 Å². The molecule has 2 aromatic rings. The zero-order valence-corrected chi connectivity index (χ0v) is 16.3. The van der Waals surface area contributed by atoms with E-state index in [1.54, 1.807) is 0 Å². The molecule has 1 aliphatic rings. The lowest BCUT2D eigenvalue weighted by atomic mass is 10.1. The highest BCUT2D eigenvalue weighted by Crippen LogP contribution is 2.36. The number of anilines is 1. The molecule has 0 amide bonds. The Labute approximate surface area is 176 Å². The van der Waals surface area contributed by atoms with E-state index >= 15 is 0 Å². The molecule has 0 spiro atoms. The number of fused-ring (bicyclic) bond motifs is 1. The van der Waals surface area contributed by atoms with E-state index in [1.807, 2.05) is 0 Å². The number of aromatic nitrogens is 4. The van der Waals surface area contributed by atoms with Crippen LogP contribution >= 0.6 is 0 Å². The number of nitrogen functional groups attached to an aromatic ring is 1. The minimum absolute atomic E-state index is 0.102. The van der Waals surface area contributed by atoms with Gasteiger partial charge in [-0.25, -0.2) is 24.5 Å². The van der Waals surface area contributed by atoms with Crippen molar-refractivity contribution in [3.63, 3.8) is 0 Å². The number of rotatable bonds is 8. The molecule has 1 fully saturated rings. The Morgan fingerprint density at radius 2 is 1.77 bits per heavy atom. The Morgan fingerprint density at radius 1 is 1.13 bits per heavy atom. The van der Waals surface area contributed by atoms with Gasteiger partial charge in [-0.2, -0.15) is 0 Å². The Morgan fingerprint density at radius 3 is 2.39 bits per heavy atom. The van der Waals surface area contributed by atoms with E-state index < -0.39 is 43.5 Å². The van der Waals surface area contributed by atoms with Gasteiger partial charge in [0.2, 0.25) is 0 Å². The summed E-state index contributed by atoms with van der Waals surface area (Å²) in [6, 6.07) is 0. The summed E-state index contributed by atoms with van der Waals surface area (Å²) >= 11 is 0. The molecular weight excluding hydrogens is 414 g/mol. The first-order valence-electron chi connectivity index (χ1n) is 9.08. The first-order valence-corrected chi connectivity index (χ1v) is 9.08. The zero-order valence-electron chi connectivity index (χ0n) is 16.3. The van der Waals surface area contributed by atoms with Gasteiger partial charge in [-0.05, 0) is 0 Å². The number of nitrogens with zero attached hydrogens (tertiary/aromatic N) is 4. The Kier molecular flexibility index (Phi) is 6.99. The number of imidazole rings is 1. The van der Waals surface area contributed by atoms with E-state index in [9.17, 15) is 14.7 Å². The number of nitrogens with two attached hydrogens (primary N) is 1. The third kappa shape index (κ3) is 4.73. The number of hydrogen-bond acceptors (Lipinski definition) is 12. The highest BCUT2D eigenvalue weighted by Gasteiger charge is 2.51. The molecule has 0 saturated carbocycles. The van der Waals surface area contributed by atoms with Crippen LogP contribution in [0.5, 0.6) is 0 Å². The fraction of sp³-hybridized carbons (Fsp3) is 0.389. The molecule has 0 radical (unpaired) electrons. The highest BCUT2D eigenvalue weighted by molar-refractivity contribution is 5.81. The van der Waals surface area contributed by atoms with E-state index in [1.165, 1.54) is 29.4 Å². The summed E-state index contributed by atoms with van der Waals surface area (Å²) in [6.07, 6.45) is -1.50. The lowest BCUT2D eigenvalue weighted by Gasteiger charge is -2.23. The quantitative estimate of drug-likeness (QED) is 0.440. The lowest BCUT2D eigenvalue weighted by Crippen LogP contribution is -2.41. The monoisotopic (exact) mass is 435 g/mol. The number of aliphatic hydroxyl groups is 1. The number of carbonyl (C=O) groups is 2. The maximum Gasteiger partial charge on any atom is 0.509 e. The summed E-state index contributed by atoms with van der Waals surface area (Å²) in [6.45, 7) is 6.12. The van der Waals surface area contributed by atoms with Gasteiger partial charge in [-0.1, -0.05) is 25.3 Å². The molecule has 1 saturated heterocycles. The van der Waals surface area contributed by atoms with Crippen LogP contribution in [0.15, 0.2) is 38.0 Å². The largest absolute Gasteiger partial charge is 0.509 e. The van der Waals surface area contributed by atoms with Gasteiger partial charge in [0.15, 0.2) is 29.9 Å². The summed E-state index contributed by atoms with van der Waals surface area (Å²) in [7, 11) is 0. The first-order chi connectivity index (χ1) is 15.0. The molecule has 3 rings (SSSR count). The lowest BCUT2D eigenvalue weighted by molar-refractivity contribution is -0.0621. The summed E-state index contributed by atoms with van der Waals surface area (Å²) in [5, 5.41) is 9.76. The summed E-state index contributed by atoms with van der Waals surface area (Å²) in [5.74, 6) is 0.129. The van der Waals surface area contributed by atoms with Crippen molar-refractivity contribution in [1.82, 2.24) is 19.5 Å². The number of hydrogen-bond donors (Lipinski definition) is 2. The van der Waals surface area contributed by atoms with Crippen molar-refractivity contribution in [2.24, 2.45) is 0 Å². The van der Waals surface area contributed by atoms with Crippen molar-refractivity contribution in [2.75, 3.05) is 25.6 Å². The minimum atomic E-state index is -1.25. The molecule has 0 aromatic carbocycles. The standard InChI is InChI=1S/C18H21N5O8/c1-3-5-27-17(25)30-12-10(7-24)29-16(13(12)31-18(26)28-6-4-2)23-9-22-11-14(19)20-8-21-15(11)23/h3-4,8-10,12-13,16,24H,1-2,5-7H2,(H2,19,20,21)/t10-,12-,13-,16-/m1/s1. The summed E-state index contributed by atoms with van der Waals surface area (Å²) < 4.78 is 27.5. The molecule has 1 aliphatic heterocycles. The molecule has 3 heterocycles. The maximum atomic E-state index is 12.1. The molecule has 13 nitrogen and oxygen atoms in total. The van der Waals surface area contributed by atoms with Gasteiger partial charge in [-0.3, -0.25) is 4.57 Å². The molecule has 3 N–H and O–H groups in total. The number of carbonyl (C=O) groups excluding carboxylic acids is 2. The predicted octanol–water partition coefficient (Wildman–Crippen LogP) is 0.714. The van der Waals surface area contributed by atoms with Crippen molar-refractivity contribution in [2.45, 2.75) is 24.5 Å². The van der Waals surface area contributed by atoms with Gasteiger partial charge in [0.1, 0.15) is 31.2 Å². The van der Waals surface area contributed by atoms with Crippen molar-refractivity contribution in [1.29, 1.82) is 0 Å². The Hall–Kier alpha value is -3.71. The molecule has 4 atom stereocenters. The van der Waals surface area contributed by atoms with Crippen LogP contribution in [-0.2, 0) is 23.7 Å². The Bertz CT molecular complexity index is 964. The molecule has 0 bridgehead atoms. The summed E-state index contributed by atoms with van der Waals surface area (Å²) in [4.78, 5) is 36.3. The van der Waals surface area contributed by atoms with Crippen LogP contribution in [-0.4, -0.2) is 75.1 Å². The molecular formula is C18H21N5O8. The molecule has 2 aromatic heterocycles. The van der Waals surface area contributed by atoms with Gasteiger partial charge < -0.3 is 34.5 Å². The van der Waals surface area contributed by atoms with E-state index in [2.05, 4.69) is 28.1 Å². The van der Waals surface area contributed by atoms with Gasteiger partial charge in [0.25, 0.3) is 0 Å². The SMILES string of the molecule is C=CCOC(=O)O[C@@H]1[C@H](OC(=O)OCC=C)[C@@H](CO)O[C@H]1n1cnc2c(N)ncnc21. The van der Waals surface area contributed by atoms with Crippen molar-refractivity contribution in [3.05, 3.63) is 38.0 Å². The maximum absolute atomic E-state index is 12.1. The second kappa shape index (κ2) is 9.86. The van der Waals surface area contributed by atoms with E-state index in [0.717, 1.165) is 0 Å². The van der Waals surface area contributed by atoms with Crippen molar-refractivity contribution in [3.8, 4) is 0 Å². The highest BCUT2D eigenvalue weighted by atomic mass is 16.8. The van der Waals surface area contributed by atoms with Crippen LogP contribution < -0.4 is 5.73 Å². The second-order valence-corrected chi connectivity index (χ2v) is 6.19.